The first-order valence-corrected chi connectivity index (χ1v) is 13.9. The molecular weight excluding hydrogens is 492 g/mol. The molecule has 3 aliphatic rings. The third-order valence-corrected chi connectivity index (χ3v) is 8.54. The second kappa shape index (κ2) is 9.39. The molecule has 3 aliphatic heterocycles. The van der Waals surface area contributed by atoms with Crippen molar-refractivity contribution in [3.05, 3.63) is 60.0 Å². The minimum atomic E-state index is -0.622. The van der Waals surface area contributed by atoms with Gasteiger partial charge in [-0.3, -0.25) is 14.4 Å². The highest BCUT2D eigenvalue weighted by atomic mass is 16.2. The summed E-state index contributed by atoms with van der Waals surface area (Å²) in [4.78, 5) is 50.7. The number of anilines is 1. The number of amides is 3. The summed E-state index contributed by atoms with van der Waals surface area (Å²) in [6.07, 6.45) is 4.92. The molecule has 5 heterocycles. The molecule has 2 aromatic heterocycles. The zero-order valence-corrected chi connectivity index (χ0v) is 22.8. The quantitative estimate of drug-likeness (QED) is 0.546. The number of rotatable bonds is 5. The van der Waals surface area contributed by atoms with Crippen LogP contribution < -0.4 is 10.6 Å². The Balaban J connectivity index is 1.23. The standard InChI is InChI=1S/C30H36N6O3/c1-30(2,3)26(36-24-9-5-4-8-19(24)14-25(36)27(31)37)29(39)35-18-21-15-22(35)17-34(21)28(38)23-11-10-20(16-32-23)33-12-6-7-13-33/h4-5,8-11,14,16,21-22,26H,6-7,12-13,15,17-18H2,1-3H3,(H2,31,37)/t21-,22-,26+/m0/s1. The van der Waals surface area contributed by atoms with Crippen LogP contribution in [0.5, 0.6) is 0 Å². The van der Waals surface area contributed by atoms with Crippen LogP contribution >= 0.6 is 0 Å². The zero-order valence-electron chi connectivity index (χ0n) is 22.8. The first-order chi connectivity index (χ1) is 18.6. The van der Waals surface area contributed by atoms with E-state index in [-0.39, 0.29) is 23.9 Å². The first kappa shape index (κ1) is 25.4. The SMILES string of the molecule is CC(C)(C)[C@@H](C(=O)N1C[C@@H]2C[C@H]1CN2C(=O)c1ccc(N2CCCC2)cn1)n1c(C(N)=O)cc2ccccc21. The molecule has 0 aliphatic carbocycles. The number of likely N-dealkylation sites (tertiary alicyclic amines) is 2. The third-order valence-electron chi connectivity index (χ3n) is 8.54. The zero-order chi connectivity index (χ0) is 27.5. The largest absolute Gasteiger partial charge is 0.370 e. The van der Waals surface area contributed by atoms with Crippen molar-refractivity contribution in [1.82, 2.24) is 19.4 Å². The number of hydrogen-bond donors (Lipinski definition) is 1. The van der Waals surface area contributed by atoms with Crippen molar-refractivity contribution in [3.63, 3.8) is 0 Å². The fraction of sp³-hybridized carbons (Fsp3) is 0.467. The van der Waals surface area contributed by atoms with Crippen LogP contribution in [-0.4, -0.2) is 75.3 Å². The molecule has 0 spiro atoms. The summed E-state index contributed by atoms with van der Waals surface area (Å²) < 4.78 is 1.82. The maximum absolute atomic E-state index is 14.2. The van der Waals surface area contributed by atoms with Crippen LogP contribution in [-0.2, 0) is 4.79 Å². The number of pyridine rings is 1. The Morgan fingerprint density at radius 2 is 1.67 bits per heavy atom. The third kappa shape index (κ3) is 4.33. The van der Waals surface area contributed by atoms with E-state index in [4.69, 9.17) is 5.73 Å². The van der Waals surface area contributed by atoms with Gasteiger partial charge in [0, 0.05) is 37.1 Å². The molecule has 3 saturated heterocycles. The second-order valence-electron chi connectivity index (χ2n) is 12.2. The number of primary amides is 1. The Kier molecular flexibility index (Phi) is 6.12. The number of nitrogens with two attached hydrogens (primary N) is 1. The van der Waals surface area contributed by atoms with Crippen molar-refractivity contribution >= 4 is 34.3 Å². The lowest BCUT2D eigenvalue weighted by Gasteiger charge is -2.40. The average Bonchev–Trinajstić information content (AvgIpc) is 3.71. The molecule has 9 nitrogen and oxygen atoms in total. The number of benzene rings is 1. The van der Waals surface area contributed by atoms with E-state index in [1.54, 1.807) is 12.3 Å². The smallest absolute Gasteiger partial charge is 0.272 e. The van der Waals surface area contributed by atoms with Crippen molar-refractivity contribution in [2.75, 3.05) is 31.1 Å². The van der Waals surface area contributed by atoms with Crippen LogP contribution in [0.3, 0.4) is 0 Å². The van der Waals surface area contributed by atoms with Crippen LogP contribution in [0, 0.1) is 5.41 Å². The second-order valence-corrected chi connectivity index (χ2v) is 12.2. The Morgan fingerprint density at radius 3 is 2.28 bits per heavy atom. The van der Waals surface area contributed by atoms with Gasteiger partial charge in [-0.25, -0.2) is 4.98 Å². The Morgan fingerprint density at radius 1 is 0.974 bits per heavy atom. The van der Waals surface area contributed by atoms with Gasteiger partial charge in [0.1, 0.15) is 17.4 Å². The van der Waals surface area contributed by atoms with Crippen molar-refractivity contribution in [2.45, 2.75) is 58.2 Å². The van der Waals surface area contributed by atoms with E-state index < -0.39 is 17.4 Å². The van der Waals surface area contributed by atoms with Crippen LogP contribution in [0.1, 0.15) is 67.1 Å². The molecule has 3 amide bonds. The van der Waals surface area contributed by atoms with E-state index in [0.717, 1.165) is 36.1 Å². The first-order valence-electron chi connectivity index (χ1n) is 13.9. The van der Waals surface area contributed by atoms with Gasteiger partial charge in [0.25, 0.3) is 11.8 Å². The molecule has 3 fully saturated rings. The van der Waals surface area contributed by atoms with Gasteiger partial charge in [-0.05, 0) is 48.9 Å². The Hall–Kier alpha value is -3.88. The maximum atomic E-state index is 14.2. The lowest BCUT2D eigenvalue weighted by Crippen LogP contribution is -2.53. The number of aromatic nitrogens is 2. The predicted octanol–water partition coefficient (Wildman–Crippen LogP) is 3.45. The lowest BCUT2D eigenvalue weighted by atomic mass is 9.85. The number of fused-ring (bicyclic) bond motifs is 3. The molecule has 1 aromatic carbocycles. The molecule has 9 heteroatoms. The van der Waals surface area contributed by atoms with E-state index in [1.807, 2.05) is 71.5 Å². The molecule has 2 bridgehead atoms. The molecule has 3 aromatic rings. The van der Waals surface area contributed by atoms with Crippen LogP contribution in [0.25, 0.3) is 10.9 Å². The number of nitrogens with zero attached hydrogens (tertiary/aromatic N) is 5. The van der Waals surface area contributed by atoms with Gasteiger partial charge in [0.05, 0.1) is 24.0 Å². The fourth-order valence-corrected chi connectivity index (χ4v) is 6.68. The van der Waals surface area contributed by atoms with E-state index in [1.165, 1.54) is 12.8 Å². The molecular formula is C30H36N6O3. The van der Waals surface area contributed by atoms with Crippen molar-refractivity contribution in [1.29, 1.82) is 0 Å². The summed E-state index contributed by atoms with van der Waals surface area (Å²) in [5, 5.41) is 0.872. The molecule has 0 saturated carbocycles. The van der Waals surface area contributed by atoms with Gasteiger partial charge in [0.2, 0.25) is 5.91 Å². The molecule has 204 valence electrons. The number of carbonyl (C=O) groups is 3. The molecule has 6 rings (SSSR count). The maximum Gasteiger partial charge on any atom is 0.272 e. The van der Waals surface area contributed by atoms with E-state index in [9.17, 15) is 14.4 Å². The van der Waals surface area contributed by atoms with Crippen molar-refractivity contribution < 1.29 is 14.4 Å². The van der Waals surface area contributed by atoms with Gasteiger partial charge < -0.3 is 25.0 Å². The molecule has 3 atom stereocenters. The van der Waals surface area contributed by atoms with Crippen LogP contribution in [0.2, 0.25) is 0 Å². The fourth-order valence-electron chi connectivity index (χ4n) is 6.68. The summed E-state index contributed by atoms with van der Waals surface area (Å²) >= 11 is 0. The average molecular weight is 529 g/mol. The normalized spacial score (nSPS) is 21.7. The van der Waals surface area contributed by atoms with Gasteiger partial charge in [-0.2, -0.15) is 0 Å². The Labute approximate surface area is 228 Å². The highest BCUT2D eigenvalue weighted by Gasteiger charge is 2.50. The van der Waals surface area contributed by atoms with Crippen molar-refractivity contribution in [2.24, 2.45) is 11.1 Å². The van der Waals surface area contributed by atoms with Gasteiger partial charge in [-0.1, -0.05) is 39.0 Å². The van der Waals surface area contributed by atoms with Crippen molar-refractivity contribution in [3.8, 4) is 0 Å². The Bertz CT molecular complexity index is 1430. The summed E-state index contributed by atoms with van der Waals surface area (Å²) in [7, 11) is 0. The number of hydrogen-bond acceptors (Lipinski definition) is 5. The molecule has 39 heavy (non-hydrogen) atoms. The topological polar surface area (TPSA) is 105 Å². The highest BCUT2D eigenvalue weighted by Crippen LogP contribution is 2.40. The predicted molar refractivity (Wildman–Crippen MR) is 150 cm³/mol. The summed E-state index contributed by atoms with van der Waals surface area (Å²) in [6.45, 7) is 9.05. The summed E-state index contributed by atoms with van der Waals surface area (Å²) in [6, 6.07) is 12.5. The molecule has 2 N–H and O–H groups in total. The van der Waals surface area contributed by atoms with E-state index in [0.29, 0.717) is 24.5 Å². The highest BCUT2D eigenvalue weighted by molar-refractivity contribution is 5.99. The number of piperazine rings is 1. The summed E-state index contributed by atoms with van der Waals surface area (Å²) in [5.41, 5.74) is 7.95. The van der Waals surface area contributed by atoms with Gasteiger partial charge in [-0.15, -0.1) is 0 Å². The molecule has 0 radical (unpaired) electrons. The van der Waals surface area contributed by atoms with E-state index in [2.05, 4.69) is 9.88 Å². The van der Waals surface area contributed by atoms with E-state index >= 15 is 0 Å². The van der Waals surface area contributed by atoms with Gasteiger partial charge >= 0.3 is 0 Å². The van der Waals surface area contributed by atoms with Crippen LogP contribution in [0.4, 0.5) is 5.69 Å². The minimum Gasteiger partial charge on any atom is -0.370 e. The lowest BCUT2D eigenvalue weighted by molar-refractivity contribution is -0.140. The molecule has 0 unspecified atom stereocenters. The van der Waals surface area contributed by atoms with Crippen LogP contribution in [0.15, 0.2) is 48.7 Å². The summed E-state index contributed by atoms with van der Waals surface area (Å²) in [5.74, 6) is -0.683. The number of para-hydroxylation sites is 1. The number of carbonyl (C=O) groups excluding carboxylic acids is 3. The monoisotopic (exact) mass is 528 g/mol. The minimum absolute atomic E-state index is 0.0426. The van der Waals surface area contributed by atoms with Gasteiger partial charge in [0.15, 0.2) is 0 Å².